The Morgan fingerprint density at radius 2 is 2.00 bits per heavy atom. The average molecular weight is 361 g/mol. The van der Waals surface area contributed by atoms with Gasteiger partial charge in [-0.3, -0.25) is 9.89 Å². The van der Waals surface area contributed by atoms with E-state index in [-0.39, 0.29) is 17.7 Å². The fourth-order valence-corrected chi connectivity index (χ4v) is 3.80. The summed E-state index contributed by atoms with van der Waals surface area (Å²) in [5.74, 6) is 1.93. The normalized spacial score (nSPS) is 19.4. The molecule has 27 heavy (non-hydrogen) atoms. The van der Waals surface area contributed by atoms with Crippen molar-refractivity contribution in [2.24, 2.45) is 11.7 Å². The molecule has 2 aromatic carbocycles. The second-order valence-corrected chi connectivity index (χ2v) is 7.05. The zero-order valence-corrected chi connectivity index (χ0v) is 15.3. The van der Waals surface area contributed by atoms with Crippen LogP contribution in [0, 0.1) is 12.8 Å². The topological polar surface area (TPSA) is 87.9 Å². The SMILES string of the molecule is Cc1nc(-c2cccc(C(=O)N3C[C@@H](CN)[C@H](c4ccccc4)C3)c2)n[nH]1. The number of nitrogens with zero attached hydrogens (tertiary/aromatic N) is 3. The Kier molecular flexibility index (Phi) is 4.73. The molecule has 3 aromatic rings. The van der Waals surface area contributed by atoms with Crippen molar-refractivity contribution in [3.05, 3.63) is 71.5 Å². The quantitative estimate of drug-likeness (QED) is 0.748. The van der Waals surface area contributed by atoms with Gasteiger partial charge < -0.3 is 10.6 Å². The predicted molar refractivity (Wildman–Crippen MR) is 104 cm³/mol. The highest BCUT2D eigenvalue weighted by Crippen LogP contribution is 2.33. The molecule has 0 radical (unpaired) electrons. The summed E-state index contributed by atoms with van der Waals surface area (Å²) < 4.78 is 0. The fourth-order valence-electron chi connectivity index (χ4n) is 3.80. The van der Waals surface area contributed by atoms with Gasteiger partial charge in [0.2, 0.25) is 0 Å². The second-order valence-electron chi connectivity index (χ2n) is 7.05. The molecule has 0 spiro atoms. The van der Waals surface area contributed by atoms with Crippen molar-refractivity contribution in [3.8, 4) is 11.4 Å². The molecule has 1 saturated heterocycles. The van der Waals surface area contributed by atoms with E-state index in [0.29, 0.717) is 31.0 Å². The van der Waals surface area contributed by atoms with Gasteiger partial charge in [-0.1, -0.05) is 42.5 Å². The van der Waals surface area contributed by atoms with Gasteiger partial charge in [-0.25, -0.2) is 4.98 Å². The van der Waals surface area contributed by atoms with E-state index in [2.05, 4.69) is 27.3 Å². The van der Waals surface area contributed by atoms with E-state index in [0.717, 1.165) is 11.4 Å². The van der Waals surface area contributed by atoms with Crippen molar-refractivity contribution >= 4 is 5.91 Å². The molecule has 1 aliphatic rings. The van der Waals surface area contributed by atoms with Crippen molar-refractivity contribution in [1.82, 2.24) is 20.1 Å². The van der Waals surface area contributed by atoms with Crippen LogP contribution in [-0.4, -0.2) is 45.6 Å². The van der Waals surface area contributed by atoms with Crippen molar-refractivity contribution in [3.63, 3.8) is 0 Å². The molecule has 4 rings (SSSR count). The summed E-state index contributed by atoms with van der Waals surface area (Å²) in [5, 5.41) is 7.02. The van der Waals surface area contributed by atoms with Crippen LogP contribution in [0.15, 0.2) is 54.6 Å². The summed E-state index contributed by atoms with van der Waals surface area (Å²) in [5.41, 5.74) is 8.74. The molecule has 6 nitrogen and oxygen atoms in total. The Morgan fingerprint density at radius 1 is 1.19 bits per heavy atom. The highest BCUT2D eigenvalue weighted by molar-refractivity contribution is 5.95. The first kappa shape index (κ1) is 17.4. The molecule has 0 unspecified atom stereocenters. The highest BCUT2D eigenvalue weighted by Gasteiger charge is 2.35. The van der Waals surface area contributed by atoms with Gasteiger partial charge in [0, 0.05) is 30.1 Å². The van der Waals surface area contributed by atoms with Gasteiger partial charge in [0.15, 0.2) is 5.82 Å². The zero-order chi connectivity index (χ0) is 18.8. The first-order valence-corrected chi connectivity index (χ1v) is 9.19. The maximum Gasteiger partial charge on any atom is 0.253 e. The van der Waals surface area contributed by atoms with Crippen LogP contribution in [0.25, 0.3) is 11.4 Å². The molecule has 1 fully saturated rings. The number of aromatic nitrogens is 3. The Balaban J connectivity index is 1.56. The Morgan fingerprint density at radius 3 is 2.70 bits per heavy atom. The average Bonchev–Trinajstić information content (AvgIpc) is 3.34. The maximum atomic E-state index is 13.1. The van der Waals surface area contributed by atoms with Gasteiger partial charge in [-0.05, 0) is 37.1 Å². The van der Waals surface area contributed by atoms with Crippen LogP contribution in [0.4, 0.5) is 0 Å². The minimum atomic E-state index is 0.0287. The van der Waals surface area contributed by atoms with Crippen molar-refractivity contribution in [2.75, 3.05) is 19.6 Å². The van der Waals surface area contributed by atoms with E-state index >= 15 is 0 Å². The Hall–Kier alpha value is -2.99. The number of hydrogen-bond acceptors (Lipinski definition) is 4. The van der Waals surface area contributed by atoms with Crippen LogP contribution in [0.2, 0.25) is 0 Å². The van der Waals surface area contributed by atoms with E-state index in [4.69, 9.17) is 5.73 Å². The minimum absolute atomic E-state index is 0.0287. The summed E-state index contributed by atoms with van der Waals surface area (Å²) in [7, 11) is 0. The molecule has 3 N–H and O–H groups in total. The van der Waals surface area contributed by atoms with Gasteiger partial charge in [-0.2, -0.15) is 5.10 Å². The number of amides is 1. The van der Waals surface area contributed by atoms with E-state index in [9.17, 15) is 4.79 Å². The smallest absolute Gasteiger partial charge is 0.253 e. The van der Waals surface area contributed by atoms with Crippen molar-refractivity contribution < 1.29 is 4.79 Å². The second kappa shape index (κ2) is 7.32. The van der Waals surface area contributed by atoms with Gasteiger partial charge in [0.05, 0.1) is 0 Å². The first-order chi connectivity index (χ1) is 13.2. The zero-order valence-electron chi connectivity index (χ0n) is 15.3. The lowest BCUT2D eigenvalue weighted by atomic mass is 9.89. The van der Waals surface area contributed by atoms with Gasteiger partial charge >= 0.3 is 0 Å². The molecule has 0 aliphatic carbocycles. The van der Waals surface area contributed by atoms with Crippen molar-refractivity contribution in [2.45, 2.75) is 12.8 Å². The van der Waals surface area contributed by atoms with Crippen LogP contribution >= 0.6 is 0 Å². The maximum absolute atomic E-state index is 13.1. The van der Waals surface area contributed by atoms with Crippen LogP contribution in [0.5, 0.6) is 0 Å². The van der Waals surface area contributed by atoms with E-state index in [1.807, 2.05) is 54.3 Å². The number of nitrogens with one attached hydrogen (secondary N) is 1. The molecule has 0 saturated carbocycles. The van der Waals surface area contributed by atoms with Crippen LogP contribution in [-0.2, 0) is 0 Å². The number of carbonyl (C=O) groups excluding carboxylic acids is 1. The summed E-state index contributed by atoms with van der Waals surface area (Å²) in [6, 6.07) is 17.8. The van der Waals surface area contributed by atoms with Crippen molar-refractivity contribution in [1.29, 1.82) is 0 Å². The molecule has 6 heteroatoms. The summed E-state index contributed by atoms with van der Waals surface area (Å²) in [6.45, 7) is 3.79. The lowest BCUT2D eigenvalue weighted by Crippen LogP contribution is -2.29. The number of hydrogen-bond donors (Lipinski definition) is 2. The molecule has 2 atom stereocenters. The highest BCUT2D eigenvalue weighted by atomic mass is 16.2. The molecule has 0 bridgehead atoms. The summed E-state index contributed by atoms with van der Waals surface area (Å²) in [4.78, 5) is 19.4. The molecular weight excluding hydrogens is 338 g/mol. The number of aromatic amines is 1. The third-order valence-electron chi connectivity index (χ3n) is 5.22. The number of carbonyl (C=O) groups is 1. The third-order valence-corrected chi connectivity index (χ3v) is 5.22. The number of H-pyrrole nitrogens is 1. The third kappa shape index (κ3) is 3.48. The molecule has 1 amide bonds. The van der Waals surface area contributed by atoms with Crippen LogP contribution in [0.1, 0.15) is 27.7 Å². The summed E-state index contributed by atoms with van der Waals surface area (Å²) >= 11 is 0. The molecule has 2 heterocycles. The predicted octanol–water partition coefficient (Wildman–Crippen LogP) is 2.59. The fraction of sp³-hybridized carbons (Fsp3) is 0.286. The summed E-state index contributed by atoms with van der Waals surface area (Å²) in [6.07, 6.45) is 0. The number of rotatable bonds is 4. The molecule has 1 aliphatic heterocycles. The first-order valence-electron chi connectivity index (χ1n) is 9.19. The van der Waals surface area contributed by atoms with E-state index < -0.39 is 0 Å². The standard InChI is InChI=1S/C21H23N5O/c1-14-23-20(25-24-14)16-8-5-9-17(10-16)21(27)26-12-18(11-22)19(13-26)15-6-3-2-4-7-15/h2-10,18-19H,11-13,22H2,1H3,(H,23,24,25)/t18-,19+/m1/s1. The lowest BCUT2D eigenvalue weighted by Gasteiger charge is -2.17. The molecular formula is C21H23N5O. The number of nitrogens with two attached hydrogens (primary N) is 1. The molecule has 138 valence electrons. The Labute approximate surface area is 158 Å². The molecule has 1 aromatic heterocycles. The largest absolute Gasteiger partial charge is 0.338 e. The van der Waals surface area contributed by atoms with Gasteiger partial charge in [-0.15, -0.1) is 0 Å². The van der Waals surface area contributed by atoms with E-state index in [1.165, 1.54) is 5.56 Å². The monoisotopic (exact) mass is 361 g/mol. The minimum Gasteiger partial charge on any atom is -0.338 e. The van der Waals surface area contributed by atoms with Crippen LogP contribution < -0.4 is 5.73 Å². The number of benzene rings is 2. The van der Waals surface area contributed by atoms with Crippen LogP contribution in [0.3, 0.4) is 0 Å². The number of aryl methyl sites for hydroxylation is 1. The number of likely N-dealkylation sites (tertiary alicyclic amines) is 1. The lowest BCUT2D eigenvalue weighted by molar-refractivity contribution is 0.0786. The van der Waals surface area contributed by atoms with E-state index in [1.54, 1.807) is 0 Å². The van der Waals surface area contributed by atoms with Gasteiger partial charge in [0.25, 0.3) is 5.91 Å². The van der Waals surface area contributed by atoms with Gasteiger partial charge in [0.1, 0.15) is 5.82 Å². The Bertz CT molecular complexity index is 937.